The summed E-state index contributed by atoms with van der Waals surface area (Å²) in [6.45, 7) is 11.6. The highest BCUT2D eigenvalue weighted by Gasteiger charge is 2.25. The van der Waals surface area contributed by atoms with E-state index in [0.717, 1.165) is 42.2 Å². The Bertz CT molecular complexity index is 977. The molecular formula is C27H39N5O3. The first-order valence-corrected chi connectivity index (χ1v) is 12.6. The predicted octanol–water partition coefficient (Wildman–Crippen LogP) is 3.72. The molecule has 0 bridgehead atoms. The first-order valence-electron chi connectivity index (χ1n) is 12.6. The van der Waals surface area contributed by atoms with E-state index in [1.807, 2.05) is 55.1 Å². The second-order valence-electron chi connectivity index (χ2n) is 9.83. The molecule has 1 aromatic heterocycles. The fraction of sp³-hybridized carbons (Fsp3) is 0.556. The second-order valence-corrected chi connectivity index (χ2v) is 9.83. The van der Waals surface area contributed by atoms with Crippen LogP contribution >= 0.6 is 0 Å². The Morgan fingerprint density at radius 2 is 1.83 bits per heavy atom. The molecule has 1 aliphatic rings. The van der Waals surface area contributed by atoms with Gasteiger partial charge in [0.25, 0.3) is 0 Å². The third-order valence-corrected chi connectivity index (χ3v) is 6.30. The minimum atomic E-state index is -0.117. The number of carbonyl (C=O) groups excluding carboxylic acids is 2. The van der Waals surface area contributed by atoms with Gasteiger partial charge in [-0.05, 0) is 43.0 Å². The monoisotopic (exact) mass is 481 g/mol. The van der Waals surface area contributed by atoms with Crippen molar-refractivity contribution in [2.45, 2.75) is 40.5 Å². The highest BCUT2D eigenvalue weighted by Crippen LogP contribution is 2.23. The summed E-state index contributed by atoms with van der Waals surface area (Å²) in [6, 6.07) is 11.7. The molecule has 1 saturated heterocycles. The van der Waals surface area contributed by atoms with Crippen LogP contribution in [0.2, 0.25) is 0 Å². The number of rotatable bonds is 9. The van der Waals surface area contributed by atoms with E-state index in [1.165, 1.54) is 0 Å². The fourth-order valence-electron chi connectivity index (χ4n) is 4.14. The average molecular weight is 482 g/mol. The van der Waals surface area contributed by atoms with Gasteiger partial charge in [0.2, 0.25) is 11.8 Å². The Labute approximate surface area is 209 Å². The minimum Gasteiger partial charge on any atom is -0.497 e. The van der Waals surface area contributed by atoms with E-state index in [4.69, 9.17) is 4.74 Å². The summed E-state index contributed by atoms with van der Waals surface area (Å²) in [6.07, 6.45) is 1.74. The van der Waals surface area contributed by atoms with Crippen molar-refractivity contribution in [3.05, 3.63) is 36.4 Å². The molecule has 8 nitrogen and oxygen atoms in total. The van der Waals surface area contributed by atoms with E-state index in [0.29, 0.717) is 32.1 Å². The number of nitrogens with zero attached hydrogens (tertiary/aromatic N) is 5. The minimum absolute atomic E-state index is 0.0177. The van der Waals surface area contributed by atoms with Crippen molar-refractivity contribution in [3.63, 3.8) is 0 Å². The maximum atomic E-state index is 13.1. The number of amides is 2. The molecule has 2 amide bonds. The molecule has 0 radical (unpaired) electrons. The first-order chi connectivity index (χ1) is 16.8. The Kier molecular flexibility index (Phi) is 9.46. The number of hydrogen-bond acceptors (Lipinski definition) is 6. The zero-order valence-corrected chi connectivity index (χ0v) is 21.7. The van der Waals surface area contributed by atoms with E-state index < -0.39 is 0 Å². The van der Waals surface area contributed by atoms with Gasteiger partial charge in [-0.25, -0.2) is 0 Å². The second kappa shape index (κ2) is 12.5. The largest absolute Gasteiger partial charge is 0.497 e. The van der Waals surface area contributed by atoms with Crippen molar-refractivity contribution in [1.29, 1.82) is 0 Å². The van der Waals surface area contributed by atoms with E-state index in [2.05, 4.69) is 28.9 Å². The number of ether oxygens (including phenoxy) is 1. The van der Waals surface area contributed by atoms with Crippen LogP contribution in [0.15, 0.2) is 36.4 Å². The van der Waals surface area contributed by atoms with Gasteiger partial charge in [-0.15, -0.1) is 10.2 Å². The molecule has 0 N–H and O–H groups in total. The number of benzene rings is 1. The summed E-state index contributed by atoms with van der Waals surface area (Å²) in [7, 11) is 1.65. The SMILES string of the molecule is COc1cccc(-c2ccc(N3CCCN(C(=O)CN(CCC(C)C)C(=O)C(C)C)CC3)nn2)c1. The van der Waals surface area contributed by atoms with Crippen molar-refractivity contribution in [2.24, 2.45) is 11.8 Å². The molecule has 2 aromatic rings. The number of methoxy groups -OCH3 is 1. The third-order valence-electron chi connectivity index (χ3n) is 6.30. The van der Waals surface area contributed by atoms with Crippen LogP contribution in [0, 0.1) is 11.8 Å². The molecule has 1 aliphatic heterocycles. The molecule has 0 spiro atoms. The number of aromatic nitrogens is 2. The average Bonchev–Trinajstić information content (AvgIpc) is 3.12. The van der Waals surface area contributed by atoms with Gasteiger partial charge in [0, 0.05) is 44.2 Å². The van der Waals surface area contributed by atoms with Gasteiger partial charge in [-0.3, -0.25) is 9.59 Å². The van der Waals surface area contributed by atoms with E-state index in [9.17, 15) is 9.59 Å². The van der Waals surface area contributed by atoms with Crippen LogP contribution < -0.4 is 9.64 Å². The molecule has 1 aromatic carbocycles. The Morgan fingerprint density at radius 1 is 1.03 bits per heavy atom. The van der Waals surface area contributed by atoms with Crippen LogP contribution in [0.1, 0.15) is 40.5 Å². The van der Waals surface area contributed by atoms with Gasteiger partial charge < -0.3 is 19.4 Å². The highest BCUT2D eigenvalue weighted by molar-refractivity contribution is 5.85. The highest BCUT2D eigenvalue weighted by atomic mass is 16.5. The summed E-state index contributed by atoms with van der Waals surface area (Å²) < 4.78 is 5.30. The van der Waals surface area contributed by atoms with Gasteiger partial charge >= 0.3 is 0 Å². The molecule has 8 heteroatoms. The lowest BCUT2D eigenvalue weighted by atomic mass is 10.1. The standard InChI is InChI=1S/C27H39N5O3/c1-20(2)12-15-32(27(34)21(3)4)19-26(33)31-14-7-13-30(16-17-31)25-11-10-24(28-29-25)22-8-6-9-23(18-22)35-5/h6,8-11,18,20-21H,7,12-17,19H2,1-5H3. The van der Waals surface area contributed by atoms with Crippen LogP contribution in [0.25, 0.3) is 11.3 Å². The van der Waals surface area contributed by atoms with Crippen LogP contribution in [-0.2, 0) is 9.59 Å². The first kappa shape index (κ1) is 26.4. The molecular weight excluding hydrogens is 442 g/mol. The Morgan fingerprint density at radius 3 is 2.49 bits per heavy atom. The molecule has 1 fully saturated rings. The topological polar surface area (TPSA) is 78.9 Å². The van der Waals surface area contributed by atoms with Crippen molar-refractivity contribution >= 4 is 17.6 Å². The van der Waals surface area contributed by atoms with E-state index in [-0.39, 0.29) is 24.3 Å². The Balaban J connectivity index is 1.60. The molecule has 0 unspecified atom stereocenters. The zero-order valence-electron chi connectivity index (χ0n) is 21.7. The lowest BCUT2D eigenvalue weighted by Crippen LogP contribution is -2.45. The van der Waals surface area contributed by atoms with E-state index in [1.54, 1.807) is 12.0 Å². The summed E-state index contributed by atoms with van der Waals surface area (Å²) in [5, 5.41) is 8.88. The fourth-order valence-corrected chi connectivity index (χ4v) is 4.14. The lowest BCUT2D eigenvalue weighted by Gasteiger charge is -2.28. The van der Waals surface area contributed by atoms with E-state index >= 15 is 0 Å². The summed E-state index contributed by atoms with van der Waals surface area (Å²) >= 11 is 0. The van der Waals surface area contributed by atoms with Crippen molar-refractivity contribution in [2.75, 3.05) is 51.3 Å². The van der Waals surface area contributed by atoms with Crippen LogP contribution in [0.5, 0.6) is 5.75 Å². The normalized spacial score (nSPS) is 14.3. The van der Waals surface area contributed by atoms with Crippen LogP contribution in [-0.4, -0.2) is 78.2 Å². The van der Waals surface area contributed by atoms with Crippen LogP contribution in [0.4, 0.5) is 5.82 Å². The predicted molar refractivity (Wildman–Crippen MR) is 138 cm³/mol. The van der Waals surface area contributed by atoms with Gasteiger partial charge in [0.1, 0.15) is 5.75 Å². The number of hydrogen-bond donors (Lipinski definition) is 0. The third kappa shape index (κ3) is 7.41. The molecule has 0 saturated carbocycles. The molecule has 0 atom stereocenters. The summed E-state index contributed by atoms with van der Waals surface area (Å²) in [4.78, 5) is 31.6. The van der Waals surface area contributed by atoms with Crippen LogP contribution in [0.3, 0.4) is 0 Å². The van der Waals surface area contributed by atoms with Crippen molar-refractivity contribution < 1.29 is 14.3 Å². The van der Waals surface area contributed by atoms with Crippen molar-refractivity contribution in [3.8, 4) is 17.0 Å². The maximum absolute atomic E-state index is 13.1. The van der Waals surface area contributed by atoms with Crippen molar-refractivity contribution in [1.82, 2.24) is 20.0 Å². The summed E-state index contributed by atoms with van der Waals surface area (Å²) in [5.41, 5.74) is 1.74. The van der Waals surface area contributed by atoms with Gasteiger partial charge in [-0.1, -0.05) is 39.8 Å². The molecule has 0 aliphatic carbocycles. The molecule has 35 heavy (non-hydrogen) atoms. The number of carbonyl (C=O) groups is 2. The van der Waals surface area contributed by atoms with Gasteiger partial charge in [0.05, 0.1) is 19.3 Å². The maximum Gasteiger partial charge on any atom is 0.242 e. The molecule has 2 heterocycles. The zero-order chi connectivity index (χ0) is 25.4. The summed E-state index contributed by atoms with van der Waals surface area (Å²) in [5.74, 6) is 2.01. The van der Waals surface area contributed by atoms with Gasteiger partial charge in [0.15, 0.2) is 5.82 Å². The quantitative estimate of drug-likeness (QED) is 0.543. The Hall–Kier alpha value is -3.16. The smallest absolute Gasteiger partial charge is 0.242 e. The van der Waals surface area contributed by atoms with Gasteiger partial charge in [-0.2, -0.15) is 0 Å². The molecule has 3 rings (SSSR count). The lowest BCUT2D eigenvalue weighted by molar-refractivity contribution is -0.142. The molecule has 190 valence electrons. The number of anilines is 1.